The fourth-order valence-electron chi connectivity index (χ4n) is 1.50. The molecule has 1 aromatic carbocycles. The second-order valence-electron chi connectivity index (χ2n) is 3.83. The Labute approximate surface area is 130 Å². The second-order valence-corrected chi connectivity index (χ2v) is 4.99. The number of aromatic nitrogens is 1. The number of nitrogens with zero attached hydrogens (tertiary/aromatic N) is 2. The van der Waals surface area contributed by atoms with Crippen molar-refractivity contribution in [3.63, 3.8) is 0 Å². The minimum atomic E-state index is -0.271. The summed E-state index contributed by atoms with van der Waals surface area (Å²) in [6.45, 7) is 0. The van der Waals surface area contributed by atoms with E-state index in [0.717, 1.165) is 14.9 Å². The molecule has 1 N–H and O–H groups in total. The maximum absolute atomic E-state index is 11.7. The van der Waals surface area contributed by atoms with Crippen molar-refractivity contribution in [1.29, 1.82) is 0 Å². The van der Waals surface area contributed by atoms with Crippen LogP contribution >= 0.6 is 22.6 Å². The molecule has 20 heavy (non-hydrogen) atoms. The van der Waals surface area contributed by atoms with E-state index >= 15 is 0 Å². The molecule has 0 saturated carbocycles. The fourth-order valence-corrected chi connectivity index (χ4v) is 2.26. The van der Waals surface area contributed by atoms with E-state index in [1.165, 1.54) is 0 Å². The van der Waals surface area contributed by atoms with Crippen LogP contribution in [0.2, 0.25) is 0 Å². The summed E-state index contributed by atoms with van der Waals surface area (Å²) in [5.41, 5.74) is 3.86. The number of ether oxygens (including phenoxy) is 1. The summed E-state index contributed by atoms with van der Waals surface area (Å²) in [5, 5.41) is 3.93. The number of hydrogen-bond donors (Lipinski definition) is 1. The number of hydrazone groups is 1. The topological polar surface area (TPSA) is 63.6 Å². The largest absolute Gasteiger partial charge is 0.496 e. The number of nitrogens with one attached hydrogen (secondary N) is 1. The Hall–Kier alpha value is -1.96. The van der Waals surface area contributed by atoms with Gasteiger partial charge in [0.05, 0.1) is 16.9 Å². The first kappa shape index (κ1) is 14.4. The molecule has 0 aliphatic carbocycles. The standard InChI is InChI=1S/C14H12IN3O2/c1-20-13-3-2-10(8-12(13)15)9-17-18-14(19)11-4-6-16-7-5-11/h2-9H,1H3,(H,18,19)/b17-9-. The Morgan fingerprint density at radius 1 is 1.35 bits per heavy atom. The predicted octanol–water partition coefficient (Wildman–Crippen LogP) is 2.46. The van der Waals surface area contributed by atoms with Gasteiger partial charge in [-0.3, -0.25) is 9.78 Å². The van der Waals surface area contributed by atoms with Gasteiger partial charge in [0.25, 0.3) is 5.91 Å². The second kappa shape index (κ2) is 6.99. The number of carbonyl (C=O) groups is 1. The van der Waals surface area contributed by atoms with Crippen LogP contribution in [0.1, 0.15) is 15.9 Å². The van der Waals surface area contributed by atoms with Gasteiger partial charge in [-0.25, -0.2) is 5.43 Å². The van der Waals surface area contributed by atoms with Gasteiger partial charge < -0.3 is 4.74 Å². The van der Waals surface area contributed by atoms with Crippen LogP contribution in [-0.4, -0.2) is 24.2 Å². The molecule has 0 spiro atoms. The molecule has 1 heterocycles. The lowest BCUT2D eigenvalue weighted by molar-refractivity contribution is 0.0955. The molecule has 0 atom stereocenters. The molecule has 0 fully saturated rings. The Morgan fingerprint density at radius 3 is 2.75 bits per heavy atom. The summed E-state index contributed by atoms with van der Waals surface area (Å²) in [7, 11) is 1.63. The molecular weight excluding hydrogens is 369 g/mol. The molecule has 6 heteroatoms. The number of methoxy groups -OCH3 is 1. The van der Waals surface area contributed by atoms with Crippen LogP contribution in [0.5, 0.6) is 5.75 Å². The van der Waals surface area contributed by atoms with E-state index in [0.29, 0.717) is 5.56 Å². The average molecular weight is 381 g/mol. The maximum Gasteiger partial charge on any atom is 0.271 e. The number of halogens is 1. The van der Waals surface area contributed by atoms with Gasteiger partial charge in [-0.2, -0.15) is 5.10 Å². The minimum Gasteiger partial charge on any atom is -0.496 e. The summed E-state index contributed by atoms with van der Waals surface area (Å²) in [6, 6.07) is 8.89. The van der Waals surface area contributed by atoms with Crippen molar-refractivity contribution in [2.24, 2.45) is 5.10 Å². The highest BCUT2D eigenvalue weighted by Crippen LogP contribution is 2.20. The van der Waals surface area contributed by atoms with E-state index in [4.69, 9.17) is 4.74 Å². The molecule has 1 amide bonds. The number of amides is 1. The summed E-state index contributed by atoms with van der Waals surface area (Å²) >= 11 is 2.18. The van der Waals surface area contributed by atoms with Crippen LogP contribution in [0.15, 0.2) is 47.8 Å². The first-order valence-corrected chi connectivity index (χ1v) is 6.85. The van der Waals surface area contributed by atoms with Crippen molar-refractivity contribution < 1.29 is 9.53 Å². The van der Waals surface area contributed by atoms with Crippen molar-refractivity contribution >= 4 is 34.7 Å². The van der Waals surface area contributed by atoms with Gasteiger partial charge in [0, 0.05) is 18.0 Å². The summed E-state index contributed by atoms with van der Waals surface area (Å²) < 4.78 is 6.15. The number of rotatable bonds is 4. The molecule has 102 valence electrons. The minimum absolute atomic E-state index is 0.271. The molecule has 5 nitrogen and oxygen atoms in total. The SMILES string of the molecule is COc1ccc(/C=N\NC(=O)c2ccncc2)cc1I. The zero-order chi connectivity index (χ0) is 14.4. The lowest BCUT2D eigenvalue weighted by Gasteiger charge is -2.03. The zero-order valence-corrected chi connectivity index (χ0v) is 12.9. The van der Waals surface area contributed by atoms with Gasteiger partial charge in [-0.15, -0.1) is 0 Å². The maximum atomic E-state index is 11.7. The fraction of sp³-hybridized carbons (Fsp3) is 0.0714. The Balaban J connectivity index is 2.00. The lowest BCUT2D eigenvalue weighted by Crippen LogP contribution is -2.17. The van der Waals surface area contributed by atoms with Crippen molar-refractivity contribution in [2.45, 2.75) is 0 Å². The van der Waals surface area contributed by atoms with Gasteiger partial charge >= 0.3 is 0 Å². The Bertz CT molecular complexity index is 630. The molecular formula is C14H12IN3O2. The molecule has 2 aromatic rings. The molecule has 2 rings (SSSR count). The third-order valence-electron chi connectivity index (χ3n) is 2.50. The monoisotopic (exact) mass is 381 g/mol. The van der Waals surface area contributed by atoms with Crippen molar-refractivity contribution in [3.8, 4) is 5.75 Å². The molecule has 0 saturated heterocycles. The highest BCUT2D eigenvalue weighted by molar-refractivity contribution is 14.1. The van der Waals surface area contributed by atoms with E-state index in [1.54, 1.807) is 37.9 Å². The van der Waals surface area contributed by atoms with E-state index in [-0.39, 0.29) is 5.91 Å². The average Bonchev–Trinajstić information content (AvgIpc) is 2.48. The van der Waals surface area contributed by atoms with Crippen LogP contribution in [0.3, 0.4) is 0 Å². The first-order valence-electron chi connectivity index (χ1n) is 5.77. The Morgan fingerprint density at radius 2 is 2.10 bits per heavy atom. The smallest absolute Gasteiger partial charge is 0.271 e. The quantitative estimate of drug-likeness (QED) is 0.503. The van der Waals surface area contributed by atoms with Crippen LogP contribution < -0.4 is 10.2 Å². The molecule has 0 bridgehead atoms. The van der Waals surface area contributed by atoms with E-state index in [2.05, 4.69) is 38.1 Å². The van der Waals surface area contributed by atoms with Crippen LogP contribution in [-0.2, 0) is 0 Å². The first-order chi connectivity index (χ1) is 9.70. The molecule has 0 unspecified atom stereocenters. The summed E-state index contributed by atoms with van der Waals surface area (Å²) in [6.07, 6.45) is 4.70. The van der Waals surface area contributed by atoms with E-state index in [1.807, 2.05) is 18.2 Å². The lowest BCUT2D eigenvalue weighted by atomic mass is 10.2. The normalized spacial score (nSPS) is 10.5. The van der Waals surface area contributed by atoms with Gasteiger partial charge in [-0.05, 0) is 58.5 Å². The molecule has 0 aliphatic rings. The third kappa shape index (κ3) is 3.77. The van der Waals surface area contributed by atoms with Gasteiger partial charge in [-0.1, -0.05) is 0 Å². The third-order valence-corrected chi connectivity index (χ3v) is 3.34. The highest BCUT2D eigenvalue weighted by atomic mass is 127. The van der Waals surface area contributed by atoms with Gasteiger partial charge in [0.15, 0.2) is 0 Å². The number of carbonyl (C=O) groups excluding carboxylic acids is 1. The van der Waals surface area contributed by atoms with Crippen molar-refractivity contribution in [3.05, 3.63) is 57.4 Å². The van der Waals surface area contributed by atoms with Crippen LogP contribution in [0, 0.1) is 3.57 Å². The van der Waals surface area contributed by atoms with E-state index < -0.39 is 0 Å². The van der Waals surface area contributed by atoms with Crippen LogP contribution in [0.25, 0.3) is 0 Å². The summed E-state index contributed by atoms with van der Waals surface area (Å²) in [5.74, 6) is 0.537. The summed E-state index contributed by atoms with van der Waals surface area (Å²) in [4.78, 5) is 15.6. The Kier molecular flexibility index (Phi) is 5.05. The number of benzene rings is 1. The highest BCUT2D eigenvalue weighted by Gasteiger charge is 2.02. The number of pyridine rings is 1. The van der Waals surface area contributed by atoms with Crippen molar-refractivity contribution in [1.82, 2.24) is 10.4 Å². The van der Waals surface area contributed by atoms with Gasteiger partial charge in [0.2, 0.25) is 0 Å². The molecule has 1 aromatic heterocycles. The van der Waals surface area contributed by atoms with E-state index in [9.17, 15) is 4.79 Å². The zero-order valence-electron chi connectivity index (χ0n) is 10.7. The molecule has 0 aliphatic heterocycles. The number of hydrogen-bond acceptors (Lipinski definition) is 4. The van der Waals surface area contributed by atoms with Crippen LogP contribution in [0.4, 0.5) is 0 Å². The molecule has 0 radical (unpaired) electrons. The predicted molar refractivity (Wildman–Crippen MR) is 85.0 cm³/mol. The van der Waals surface area contributed by atoms with Crippen molar-refractivity contribution in [2.75, 3.05) is 7.11 Å². The van der Waals surface area contributed by atoms with Gasteiger partial charge in [0.1, 0.15) is 5.75 Å².